The van der Waals surface area contributed by atoms with Gasteiger partial charge in [-0.05, 0) is 28.9 Å². The lowest BCUT2D eigenvalue weighted by Crippen LogP contribution is -2.11. The summed E-state index contributed by atoms with van der Waals surface area (Å²) in [6.45, 7) is 2.04. The van der Waals surface area contributed by atoms with Crippen LogP contribution in [0.15, 0.2) is 10.5 Å². The van der Waals surface area contributed by atoms with Crippen LogP contribution in [0.1, 0.15) is 9.75 Å². The van der Waals surface area contributed by atoms with E-state index >= 15 is 0 Å². The summed E-state index contributed by atoms with van der Waals surface area (Å²) in [5.41, 5.74) is 5.26. The van der Waals surface area contributed by atoms with Gasteiger partial charge in [-0.3, -0.25) is 5.41 Å². The Hall–Kier alpha value is -0.350. The van der Waals surface area contributed by atoms with Gasteiger partial charge in [0.05, 0.1) is 5.84 Å². The Morgan fingerprint density at radius 1 is 1.82 bits per heavy atom. The van der Waals surface area contributed by atoms with Crippen molar-refractivity contribution in [3.63, 3.8) is 0 Å². The van der Waals surface area contributed by atoms with Gasteiger partial charge in [0.2, 0.25) is 0 Å². The molecule has 1 aromatic rings. The van der Waals surface area contributed by atoms with E-state index in [4.69, 9.17) is 11.1 Å². The van der Waals surface area contributed by atoms with Crippen LogP contribution in [-0.4, -0.2) is 5.84 Å². The third-order valence-electron chi connectivity index (χ3n) is 1.27. The minimum atomic E-state index is 0.221. The molecule has 1 rings (SSSR count). The average Bonchev–Trinajstić information content (AvgIpc) is 2.10. The molecule has 11 heavy (non-hydrogen) atoms. The first-order chi connectivity index (χ1) is 5.09. The van der Waals surface area contributed by atoms with E-state index in [-0.39, 0.29) is 5.84 Å². The first-order valence-corrected chi connectivity index (χ1v) is 4.78. The predicted molar refractivity (Wildman–Crippen MR) is 52.4 cm³/mol. The molecular formula is C7H9BrN2S. The molecular weight excluding hydrogens is 224 g/mol. The Kier molecular flexibility index (Phi) is 2.67. The summed E-state index contributed by atoms with van der Waals surface area (Å²) in [5, 5.41) is 7.08. The molecule has 0 bridgehead atoms. The fourth-order valence-electron chi connectivity index (χ4n) is 0.793. The lowest BCUT2D eigenvalue weighted by atomic mass is 10.3. The third kappa shape index (κ3) is 2.31. The van der Waals surface area contributed by atoms with Crippen molar-refractivity contribution in [1.29, 1.82) is 5.41 Å². The summed E-state index contributed by atoms with van der Waals surface area (Å²) in [6, 6.07) is 2.02. The quantitative estimate of drug-likeness (QED) is 0.597. The van der Waals surface area contributed by atoms with E-state index in [1.165, 1.54) is 4.88 Å². The topological polar surface area (TPSA) is 49.9 Å². The Morgan fingerprint density at radius 3 is 2.82 bits per heavy atom. The molecule has 3 N–H and O–H groups in total. The minimum Gasteiger partial charge on any atom is -0.387 e. The maximum atomic E-state index is 7.08. The molecule has 0 saturated carbocycles. The molecule has 1 heterocycles. The molecule has 2 nitrogen and oxygen atoms in total. The molecule has 0 unspecified atom stereocenters. The van der Waals surface area contributed by atoms with Crippen LogP contribution in [0.25, 0.3) is 0 Å². The zero-order valence-corrected chi connectivity index (χ0v) is 8.55. The summed E-state index contributed by atoms with van der Waals surface area (Å²) in [6.07, 6.45) is 0.567. The van der Waals surface area contributed by atoms with E-state index < -0.39 is 0 Å². The highest BCUT2D eigenvalue weighted by Gasteiger charge is 2.02. The maximum absolute atomic E-state index is 7.08. The number of hydrogen-bond donors (Lipinski definition) is 2. The van der Waals surface area contributed by atoms with Crippen LogP contribution >= 0.6 is 27.3 Å². The van der Waals surface area contributed by atoms with Crippen LogP contribution in [0, 0.1) is 12.3 Å². The largest absolute Gasteiger partial charge is 0.387 e. The fourth-order valence-corrected chi connectivity index (χ4v) is 2.42. The number of hydrogen-bond acceptors (Lipinski definition) is 2. The van der Waals surface area contributed by atoms with Gasteiger partial charge in [0, 0.05) is 20.6 Å². The number of thiophene rings is 1. The van der Waals surface area contributed by atoms with Gasteiger partial charge in [-0.2, -0.15) is 0 Å². The number of nitrogens with one attached hydrogen (secondary N) is 1. The van der Waals surface area contributed by atoms with Gasteiger partial charge in [-0.15, -0.1) is 11.3 Å². The van der Waals surface area contributed by atoms with Crippen LogP contribution in [0.3, 0.4) is 0 Å². The first kappa shape index (κ1) is 8.74. The van der Waals surface area contributed by atoms with Crippen molar-refractivity contribution in [3.8, 4) is 0 Å². The van der Waals surface area contributed by atoms with E-state index in [1.54, 1.807) is 11.3 Å². The van der Waals surface area contributed by atoms with Crippen molar-refractivity contribution >= 4 is 33.1 Å². The Morgan fingerprint density at radius 2 is 2.45 bits per heavy atom. The molecule has 0 spiro atoms. The monoisotopic (exact) mass is 232 g/mol. The molecule has 60 valence electrons. The van der Waals surface area contributed by atoms with Crippen molar-refractivity contribution in [1.82, 2.24) is 0 Å². The normalized spacial score (nSPS) is 10.0. The van der Waals surface area contributed by atoms with Crippen LogP contribution in [0.4, 0.5) is 0 Å². The second-order valence-electron chi connectivity index (χ2n) is 2.32. The molecule has 0 aromatic carbocycles. The van der Waals surface area contributed by atoms with E-state index in [0.717, 1.165) is 9.35 Å². The Bertz CT molecular complexity index is 260. The molecule has 4 heteroatoms. The van der Waals surface area contributed by atoms with Crippen LogP contribution in [0.5, 0.6) is 0 Å². The smallest absolute Gasteiger partial charge is 0.0958 e. The van der Waals surface area contributed by atoms with E-state index in [0.29, 0.717) is 6.42 Å². The number of aryl methyl sites for hydroxylation is 1. The molecule has 0 amide bonds. The molecule has 0 radical (unpaired) electrons. The fraction of sp³-hybridized carbons (Fsp3) is 0.286. The maximum Gasteiger partial charge on any atom is 0.0958 e. The predicted octanol–water partition coefficient (Wildman–Crippen LogP) is 2.30. The average molecular weight is 233 g/mol. The molecule has 0 saturated heterocycles. The van der Waals surface area contributed by atoms with Crippen molar-refractivity contribution in [2.75, 3.05) is 0 Å². The first-order valence-electron chi connectivity index (χ1n) is 3.17. The number of amidine groups is 1. The van der Waals surface area contributed by atoms with Crippen molar-refractivity contribution in [2.24, 2.45) is 5.73 Å². The molecule has 0 aliphatic heterocycles. The summed E-state index contributed by atoms with van der Waals surface area (Å²) in [5.74, 6) is 0.221. The Labute approximate surface area is 78.1 Å². The van der Waals surface area contributed by atoms with Crippen LogP contribution in [-0.2, 0) is 6.42 Å². The third-order valence-corrected chi connectivity index (χ3v) is 3.41. The summed E-state index contributed by atoms with van der Waals surface area (Å²) in [4.78, 5) is 2.38. The van der Waals surface area contributed by atoms with Gasteiger partial charge in [-0.25, -0.2) is 0 Å². The second kappa shape index (κ2) is 3.36. The highest BCUT2D eigenvalue weighted by atomic mass is 79.9. The SMILES string of the molecule is Cc1sc(CC(=N)N)cc1Br. The number of nitrogens with two attached hydrogens (primary N) is 1. The molecule has 0 aliphatic carbocycles. The van der Waals surface area contributed by atoms with Gasteiger partial charge in [0.15, 0.2) is 0 Å². The summed E-state index contributed by atoms with van der Waals surface area (Å²) in [7, 11) is 0. The molecule has 0 aliphatic rings. The minimum absolute atomic E-state index is 0.221. The zero-order valence-electron chi connectivity index (χ0n) is 6.15. The number of rotatable bonds is 2. The van der Waals surface area contributed by atoms with Gasteiger partial charge in [0.1, 0.15) is 0 Å². The van der Waals surface area contributed by atoms with Crippen molar-refractivity contribution in [2.45, 2.75) is 13.3 Å². The zero-order chi connectivity index (χ0) is 8.43. The van der Waals surface area contributed by atoms with E-state index in [9.17, 15) is 0 Å². The second-order valence-corrected chi connectivity index (χ2v) is 4.51. The van der Waals surface area contributed by atoms with Gasteiger partial charge in [-0.1, -0.05) is 0 Å². The molecule has 0 atom stereocenters. The highest BCUT2D eigenvalue weighted by Crippen LogP contribution is 2.26. The van der Waals surface area contributed by atoms with Crippen molar-refractivity contribution in [3.05, 3.63) is 20.3 Å². The van der Waals surface area contributed by atoms with Crippen LogP contribution < -0.4 is 5.73 Å². The Balaban J connectivity index is 2.81. The molecule has 0 fully saturated rings. The standard InChI is InChI=1S/C7H9BrN2S/c1-4-6(8)2-5(11-4)3-7(9)10/h2H,3H2,1H3,(H3,9,10). The summed E-state index contributed by atoms with van der Waals surface area (Å²) < 4.78 is 1.11. The van der Waals surface area contributed by atoms with Gasteiger partial charge in [0.25, 0.3) is 0 Å². The highest BCUT2D eigenvalue weighted by molar-refractivity contribution is 9.10. The lowest BCUT2D eigenvalue weighted by Gasteiger charge is -1.90. The summed E-state index contributed by atoms with van der Waals surface area (Å²) >= 11 is 5.08. The van der Waals surface area contributed by atoms with Gasteiger partial charge < -0.3 is 5.73 Å². The molecule has 1 aromatic heterocycles. The van der Waals surface area contributed by atoms with Gasteiger partial charge >= 0.3 is 0 Å². The van der Waals surface area contributed by atoms with E-state index in [1.807, 2.05) is 13.0 Å². The van der Waals surface area contributed by atoms with E-state index in [2.05, 4.69) is 15.9 Å². The van der Waals surface area contributed by atoms with Crippen LogP contribution in [0.2, 0.25) is 0 Å². The van der Waals surface area contributed by atoms with Crippen molar-refractivity contribution < 1.29 is 0 Å². The number of halogens is 1. The lowest BCUT2D eigenvalue weighted by molar-refractivity contribution is 1.29.